The molecule has 21 nitrogen and oxygen atoms in total. The minimum absolute atomic E-state index is 0.00661. The molecule has 3 aliphatic heterocycles. The van der Waals surface area contributed by atoms with Gasteiger partial charge in [0, 0.05) is 70.7 Å². The van der Waals surface area contributed by atoms with Crippen LogP contribution in [0.1, 0.15) is 109 Å². The fraction of sp³-hybridized carbons (Fsp3) is 0.759. The summed E-state index contributed by atoms with van der Waals surface area (Å²) in [6, 6.07) is 5.14. The number of aryl methyl sites for hydroxylation is 1. The molecular formula is C54H84N4O17. The van der Waals surface area contributed by atoms with E-state index in [-0.39, 0.29) is 49.8 Å². The van der Waals surface area contributed by atoms with Crippen molar-refractivity contribution < 1.29 is 77.5 Å². The van der Waals surface area contributed by atoms with Crippen LogP contribution in [-0.2, 0) is 58.7 Å². The number of benzene rings is 1. The molecule has 4 fully saturated rings. The molecule has 0 spiro atoms. The van der Waals surface area contributed by atoms with Gasteiger partial charge in [-0.1, -0.05) is 19.9 Å². The van der Waals surface area contributed by atoms with Gasteiger partial charge in [0.2, 0.25) is 5.43 Å². The van der Waals surface area contributed by atoms with Crippen LogP contribution in [0.2, 0.25) is 0 Å². The molecule has 17 atom stereocenters. The number of nitrogens with zero attached hydrogens (tertiary/aromatic N) is 4. The Bertz CT molecular complexity index is 2400. The average molecular weight is 1060 g/mol. The summed E-state index contributed by atoms with van der Waals surface area (Å²) in [4.78, 5) is 70.7. The lowest BCUT2D eigenvalue weighted by molar-refractivity contribution is -0.320. The lowest BCUT2D eigenvalue weighted by Crippen LogP contribution is -2.64. The number of carboxylic acids is 1. The summed E-state index contributed by atoms with van der Waals surface area (Å²) in [5, 5.41) is 46.4. The first kappa shape index (κ1) is 60.1. The van der Waals surface area contributed by atoms with Gasteiger partial charge in [-0.25, -0.2) is 4.79 Å². The van der Waals surface area contributed by atoms with Crippen LogP contribution >= 0.6 is 0 Å². The average Bonchev–Trinajstić information content (AvgIpc) is 3.35. The molecular weight excluding hydrogens is 977 g/mol. The Kier molecular flexibility index (Phi) is 19.4. The number of aromatic nitrogens is 1. The number of carbonyl (C=O) groups is 4. The summed E-state index contributed by atoms with van der Waals surface area (Å²) in [5.41, 5.74) is -3.89. The van der Waals surface area contributed by atoms with E-state index in [2.05, 4.69) is 0 Å². The molecule has 21 heteroatoms. The van der Waals surface area contributed by atoms with Gasteiger partial charge in [-0.15, -0.1) is 0 Å². The highest BCUT2D eigenvalue weighted by Gasteiger charge is 2.59. The van der Waals surface area contributed by atoms with Crippen molar-refractivity contribution in [2.45, 2.75) is 184 Å². The van der Waals surface area contributed by atoms with Gasteiger partial charge in [0.15, 0.2) is 24.5 Å². The van der Waals surface area contributed by atoms with Crippen molar-refractivity contribution in [1.82, 2.24) is 14.5 Å². The second-order valence-corrected chi connectivity index (χ2v) is 22.5. The molecule has 2 aromatic rings. The number of ether oxygens (including phenoxy) is 8. The Balaban J connectivity index is 1.17. The Morgan fingerprint density at radius 1 is 0.893 bits per heavy atom. The summed E-state index contributed by atoms with van der Waals surface area (Å²) in [6.07, 6.45) is -6.95. The molecule has 6 rings (SSSR count). The zero-order valence-electron chi connectivity index (χ0n) is 46.3. The van der Waals surface area contributed by atoms with Gasteiger partial charge in [-0.3, -0.25) is 23.9 Å². The Morgan fingerprint density at radius 3 is 2.16 bits per heavy atom. The van der Waals surface area contributed by atoms with Gasteiger partial charge in [-0.05, 0) is 119 Å². The zero-order valence-corrected chi connectivity index (χ0v) is 46.3. The summed E-state index contributed by atoms with van der Waals surface area (Å²) < 4.78 is 52.6. The molecule has 422 valence electrons. The quantitative estimate of drug-likeness (QED) is 0.166. The van der Waals surface area contributed by atoms with Crippen molar-refractivity contribution in [3.63, 3.8) is 0 Å². The van der Waals surface area contributed by atoms with Crippen LogP contribution in [0.4, 0.5) is 0 Å². The van der Waals surface area contributed by atoms with E-state index in [1.807, 2.05) is 56.9 Å². The first-order valence-electron chi connectivity index (χ1n) is 26.3. The van der Waals surface area contributed by atoms with Gasteiger partial charge in [0.25, 0.3) is 0 Å². The van der Waals surface area contributed by atoms with E-state index in [4.69, 9.17) is 37.9 Å². The standard InChI is InChI=1S/C54H84N4O17/c1-29-26-52(6,68-13)47(75-51-44(62)38(55(8)9)24-30(2)70-51)31(3)45(32(4)50(66)72-39-19-21-54(39,67)46(63)42(29)60)74-41-27-53(7,69-14)48(33(5)71-41)73-40(59)20-23-57(12)22-15-16-34-17-18-37-35(25-34)43(61)36(49(64)65)28-58(37)56(10)11/h17-18,25,28-33,38-39,41,44-48,51,62-63,67H,15-16,19-24,26-27H2,1-14H3,(H,64,65)/t29-,30-,31+,32-,33+,38+,39-,41+,44-,45+,46-,47-,48+,51+,52-,53-,54-/m1/s1. The summed E-state index contributed by atoms with van der Waals surface area (Å²) in [7, 11) is 12.1. The van der Waals surface area contributed by atoms with Gasteiger partial charge >= 0.3 is 17.9 Å². The third-order valence-corrected chi connectivity index (χ3v) is 16.5. The summed E-state index contributed by atoms with van der Waals surface area (Å²) in [5.74, 6) is -5.93. The molecule has 4 heterocycles. The number of methoxy groups -OCH3 is 2. The van der Waals surface area contributed by atoms with E-state index in [1.54, 1.807) is 64.5 Å². The maximum atomic E-state index is 14.3. The summed E-state index contributed by atoms with van der Waals surface area (Å²) >= 11 is 0. The number of aliphatic hydroxyl groups is 3. The third-order valence-electron chi connectivity index (χ3n) is 16.5. The van der Waals surface area contributed by atoms with Gasteiger partial charge < -0.3 is 73.1 Å². The van der Waals surface area contributed by atoms with Crippen molar-refractivity contribution >= 4 is 34.6 Å². The highest BCUT2D eigenvalue weighted by atomic mass is 16.7. The van der Waals surface area contributed by atoms with Crippen LogP contribution in [-0.4, -0.2) is 205 Å². The second-order valence-electron chi connectivity index (χ2n) is 22.5. The maximum absolute atomic E-state index is 14.3. The Morgan fingerprint density at radius 2 is 1.56 bits per heavy atom. The molecule has 4 aliphatic rings. The number of ketones is 1. The van der Waals surface area contributed by atoms with Crippen molar-refractivity contribution in [3.8, 4) is 0 Å². The van der Waals surface area contributed by atoms with Crippen LogP contribution in [0.5, 0.6) is 0 Å². The van der Waals surface area contributed by atoms with E-state index in [9.17, 15) is 44.4 Å². The largest absolute Gasteiger partial charge is 0.477 e. The van der Waals surface area contributed by atoms with E-state index in [0.29, 0.717) is 43.3 Å². The molecule has 0 amide bonds. The molecule has 0 radical (unpaired) electrons. The number of likely N-dealkylation sites (N-methyl/N-ethyl adjacent to an activating group) is 1. The number of aromatic carboxylic acids is 1. The van der Waals surface area contributed by atoms with Crippen molar-refractivity contribution in [2.24, 2.45) is 17.8 Å². The number of esters is 2. The smallest absolute Gasteiger partial charge is 0.341 e. The fourth-order valence-electron chi connectivity index (χ4n) is 11.6. The molecule has 75 heavy (non-hydrogen) atoms. The molecule has 0 bridgehead atoms. The number of hydrogen-bond acceptors (Lipinski definition) is 19. The normalized spacial score (nSPS) is 36.9. The zero-order chi connectivity index (χ0) is 55.6. The van der Waals surface area contributed by atoms with Crippen LogP contribution in [0, 0.1) is 17.8 Å². The van der Waals surface area contributed by atoms with Gasteiger partial charge in [-0.2, -0.15) is 0 Å². The monoisotopic (exact) mass is 1060 g/mol. The number of carboxylic acid groups (broad SMARTS) is 1. The Labute approximate surface area is 440 Å². The molecule has 4 N–H and O–H groups in total. The number of pyridine rings is 1. The highest BCUT2D eigenvalue weighted by molar-refractivity contribution is 5.93. The number of aliphatic hydroxyl groups excluding tert-OH is 2. The van der Waals surface area contributed by atoms with Crippen molar-refractivity contribution in [2.75, 3.05) is 67.6 Å². The van der Waals surface area contributed by atoms with Crippen LogP contribution in [0.3, 0.4) is 0 Å². The highest BCUT2D eigenvalue weighted by Crippen LogP contribution is 2.44. The van der Waals surface area contributed by atoms with Crippen LogP contribution in [0.15, 0.2) is 29.2 Å². The van der Waals surface area contributed by atoms with E-state index >= 15 is 0 Å². The fourth-order valence-corrected chi connectivity index (χ4v) is 11.6. The minimum Gasteiger partial charge on any atom is -0.477 e. The molecule has 3 saturated heterocycles. The lowest BCUT2D eigenvalue weighted by Gasteiger charge is -2.49. The summed E-state index contributed by atoms with van der Waals surface area (Å²) in [6.45, 7) is 13.2. The maximum Gasteiger partial charge on any atom is 0.341 e. The first-order valence-corrected chi connectivity index (χ1v) is 26.3. The van der Waals surface area contributed by atoms with Gasteiger partial charge in [0.1, 0.15) is 35.1 Å². The van der Waals surface area contributed by atoms with Crippen molar-refractivity contribution in [3.05, 3.63) is 45.7 Å². The molecule has 1 aromatic heterocycles. The third kappa shape index (κ3) is 12.9. The minimum atomic E-state index is -2.00. The van der Waals surface area contributed by atoms with Gasteiger partial charge in [0.05, 0.1) is 47.9 Å². The first-order chi connectivity index (χ1) is 35.1. The lowest BCUT2D eigenvalue weighted by atomic mass is 9.69. The predicted molar refractivity (Wildman–Crippen MR) is 275 cm³/mol. The van der Waals surface area contributed by atoms with Crippen LogP contribution in [0.25, 0.3) is 10.9 Å². The van der Waals surface area contributed by atoms with Crippen LogP contribution < -0.4 is 10.4 Å². The van der Waals surface area contributed by atoms with E-state index in [1.165, 1.54) is 20.4 Å². The number of fused-ring (bicyclic) bond motifs is 2. The number of carbonyl (C=O) groups excluding carboxylic acids is 3. The molecule has 1 aromatic carbocycles. The molecule has 0 unspecified atom stereocenters. The predicted octanol–water partition coefficient (Wildman–Crippen LogP) is 2.88. The number of hydrogen-bond donors (Lipinski definition) is 4. The number of rotatable bonds is 17. The van der Waals surface area contributed by atoms with E-state index in [0.717, 1.165) is 5.56 Å². The van der Waals surface area contributed by atoms with E-state index < -0.39 is 119 Å². The Hall–Kier alpha value is -4.13. The number of Topliss-reactive ketones (excluding diaryl/α,β-unsaturated/α-hetero) is 1. The molecule has 1 aliphatic carbocycles. The second kappa shape index (κ2) is 24.3. The van der Waals surface area contributed by atoms with Crippen molar-refractivity contribution in [1.29, 1.82) is 0 Å². The molecule has 1 saturated carbocycles. The SMILES string of the molecule is CO[C@]1(C)C[C@@H](C)C(=O)[C@@H](O)[C@@]2(O)CC[C@H]2OC(=O)[C@H](C)[C@@H](O[C@H]2C[C@@](C)(OC)[C@@H](OC(=O)CCN(C)CCCc3ccc4c(c3)c(=O)c(C(=O)O)cn4N(C)C)[C@H](C)O2)[C@H](C)[C@H]1O[C@@H]1O[C@H](C)C[C@H](N(C)C)[C@H]1O. The topological polar surface area (TPSA) is 255 Å².